The molecule has 1 atom stereocenters. The van der Waals surface area contributed by atoms with Gasteiger partial charge < -0.3 is 9.64 Å². The van der Waals surface area contributed by atoms with Gasteiger partial charge in [-0.2, -0.15) is 0 Å². The summed E-state index contributed by atoms with van der Waals surface area (Å²) in [6.45, 7) is 3.64. The average Bonchev–Trinajstić information content (AvgIpc) is 2.45. The molecule has 1 aliphatic rings. The lowest BCUT2D eigenvalue weighted by Gasteiger charge is -2.25. The van der Waals surface area contributed by atoms with Crippen LogP contribution in [0.25, 0.3) is 0 Å². The van der Waals surface area contributed by atoms with E-state index in [4.69, 9.17) is 4.74 Å². The van der Waals surface area contributed by atoms with E-state index in [-0.39, 0.29) is 5.91 Å². The number of nitrogens with zero attached hydrogens (tertiary/aromatic N) is 1. The van der Waals surface area contributed by atoms with Crippen LogP contribution in [0.15, 0.2) is 24.3 Å². The zero-order valence-electron chi connectivity index (χ0n) is 11.9. The van der Waals surface area contributed by atoms with Crippen molar-refractivity contribution >= 4 is 5.91 Å². The van der Waals surface area contributed by atoms with Gasteiger partial charge in [0.15, 0.2) is 0 Å². The second-order valence-electron chi connectivity index (χ2n) is 5.37. The molecule has 0 bridgehead atoms. The minimum atomic E-state index is 0.0968. The van der Waals surface area contributed by atoms with Crippen molar-refractivity contribution in [3.8, 4) is 0 Å². The smallest absolute Gasteiger partial charge is 0.253 e. The quantitative estimate of drug-likeness (QED) is 0.833. The molecule has 19 heavy (non-hydrogen) atoms. The third kappa shape index (κ3) is 4.06. The maximum absolute atomic E-state index is 12.3. The second-order valence-corrected chi connectivity index (χ2v) is 5.37. The first kappa shape index (κ1) is 14.1. The molecule has 0 spiro atoms. The van der Waals surface area contributed by atoms with Crippen LogP contribution in [0.5, 0.6) is 0 Å². The number of ether oxygens (including phenoxy) is 1. The lowest BCUT2D eigenvalue weighted by atomic mass is 10.1. The van der Waals surface area contributed by atoms with Crippen molar-refractivity contribution in [1.29, 1.82) is 0 Å². The first-order chi connectivity index (χ1) is 9.16. The van der Waals surface area contributed by atoms with Gasteiger partial charge in [0.25, 0.3) is 5.91 Å². The molecule has 2 rings (SSSR count). The summed E-state index contributed by atoms with van der Waals surface area (Å²) in [7, 11) is 1.87. The molecule has 104 valence electrons. The van der Waals surface area contributed by atoms with Gasteiger partial charge in [0.05, 0.1) is 6.10 Å². The van der Waals surface area contributed by atoms with E-state index in [9.17, 15) is 4.79 Å². The number of aryl methyl sites for hydroxylation is 1. The van der Waals surface area contributed by atoms with Gasteiger partial charge in [0.2, 0.25) is 0 Å². The summed E-state index contributed by atoms with van der Waals surface area (Å²) in [6, 6.07) is 7.76. The van der Waals surface area contributed by atoms with Gasteiger partial charge in [-0.1, -0.05) is 17.7 Å². The predicted octanol–water partition coefficient (Wildman–Crippen LogP) is 3.03. The Bertz CT molecular complexity index is 425. The molecule has 1 aromatic rings. The molecule has 0 aromatic heterocycles. The minimum absolute atomic E-state index is 0.0968. The second kappa shape index (κ2) is 6.71. The Morgan fingerprint density at radius 3 is 2.95 bits per heavy atom. The number of hydrogen-bond donors (Lipinski definition) is 0. The average molecular weight is 261 g/mol. The van der Waals surface area contributed by atoms with E-state index < -0.39 is 0 Å². The molecule has 0 aliphatic carbocycles. The summed E-state index contributed by atoms with van der Waals surface area (Å²) in [4.78, 5) is 14.1. The largest absolute Gasteiger partial charge is 0.378 e. The Hall–Kier alpha value is -1.35. The van der Waals surface area contributed by atoms with Crippen LogP contribution in [0.3, 0.4) is 0 Å². The fraction of sp³-hybridized carbons (Fsp3) is 0.562. The van der Waals surface area contributed by atoms with Crippen molar-refractivity contribution in [3.63, 3.8) is 0 Å². The van der Waals surface area contributed by atoms with E-state index in [0.717, 1.165) is 37.1 Å². The van der Waals surface area contributed by atoms with Crippen molar-refractivity contribution in [2.75, 3.05) is 20.2 Å². The van der Waals surface area contributed by atoms with Crippen LogP contribution in [-0.4, -0.2) is 37.1 Å². The predicted molar refractivity (Wildman–Crippen MR) is 76.3 cm³/mol. The maximum Gasteiger partial charge on any atom is 0.253 e. The van der Waals surface area contributed by atoms with Crippen LogP contribution in [0.4, 0.5) is 0 Å². The van der Waals surface area contributed by atoms with Crippen LogP contribution in [0, 0.1) is 6.92 Å². The molecule has 0 N–H and O–H groups in total. The van der Waals surface area contributed by atoms with Gasteiger partial charge in [0.1, 0.15) is 0 Å². The fourth-order valence-corrected chi connectivity index (χ4v) is 2.47. The van der Waals surface area contributed by atoms with Crippen LogP contribution in [0.2, 0.25) is 0 Å². The lowest BCUT2D eigenvalue weighted by molar-refractivity contribution is 0.00709. The molecule has 3 nitrogen and oxygen atoms in total. The lowest BCUT2D eigenvalue weighted by Crippen LogP contribution is -2.31. The van der Waals surface area contributed by atoms with Crippen molar-refractivity contribution in [3.05, 3.63) is 35.4 Å². The van der Waals surface area contributed by atoms with Crippen molar-refractivity contribution in [2.24, 2.45) is 0 Å². The number of carbonyl (C=O) groups is 1. The van der Waals surface area contributed by atoms with E-state index >= 15 is 0 Å². The van der Waals surface area contributed by atoms with E-state index in [0.29, 0.717) is 6.10 Å². The molecule has 1 aromatic carbocycles. The molecular weight excluding hydrogens is 238 g/mol. The number of rotatable bonds is 4. The van der Waals surface area contributed by atoms with Crippen LogP contribution in [0.1, 0.15) is 41.6 Å². The summed E-state index contributed by atoms with van der Waals surface area (Å²) in [5.74, 6) is 0.0968. The Morgan fingerprint density at radius 2 is 2.26 bits per heavy atom. The standard InChI is InChI=1S/C16H23NO2/c1-13-6-5-7-14(12-13)16(18)17(2)10-9-15-8-3-4-11-19-15/h5-7,12,15H,3-4,8-11H2,1-2H3. The SMILES string of the molecule is Cc1cccc(C(=O)N(C)CCC2CCCCO2)c1. The van der Waals surface area contributed by atoms with E-state index in [1.54, 1.807) is 4.90 Å². The summed E-state index contributed by atoms with van der Waals surface area (Å²) in [5, 5.41) is 0. The van der Waals surface area contributed by atoms with Crippen LogP contribution < -0.4 is 0 Å². The van der Waals surface area contributed by atoms with Crippen molar-refractivity contribution in [1.82, 2.24) is 4.90 Å². The molecular formula is C16H23NO2. The number of benzene rings is 1. The Kier molecular flexibility index (Phi) is 4.97. The first-order valence-corrected chi connectivity index (χ1v) is 7.10. The monoisotopic (exact) mass is 261 g/mol. The molecule has 0 radical (unpaired) electrons. The summed E-state index contributed by atoms with van der Waals surface area (Å²) in [5.41, 5.74) is 1.89. The van der Waals surface area contributed by atoms with Gasteiger partial charge in [-0.15, -0.1) is 0 Å². The normalized spacial score (nSPS) is 19.2. The van der Waals surface area contributed by atoms with Gasteiger partial charge in [-0.3, -0.25) is 4.79 Å². The molecule has 1 saturated heterocycles. The Morgan fingerprint density at radius 1 is 1.42 bits per heavy atom. The van der Waals surface area contributed by atoms with E-state index in [1.807, 2.05) is 38.2 Å². The van der Waals surface area contributed by atoms with Gasteiger partial charge in [-0.25, -0.2) is 0 Å². The zero-order valence-corrected chi connectivity index (χ0v) is 11.9. The topological polar surface area (TPSA) is 29.5 Å². The molecule has 1 heterocycles. The number of amides is 1. The third-order valence-corrected chi connectivity index (χ3v) is 3.67. The van der Waals surface area contributed by atoms with Crippen LogP contribution in [-0.2, 0) is 4.74 Å². The highest BCUT2D eigenvalue weighted by Gasteiger charge is 2.17. The molecule has 3 heteroatoms. The van der Waals surface area contributed by atoms with Crippen molar-refractivity contribution in [2.45, 2.75) is 38.7 Å². The summed E-state index contributed by atoms with van der Waals surface area (Å²) < 4.78 is 5.69. The molecule has 1 amide bonds. The molecule has 1 unspecified atom stereocenters. The molecule has 1 aliphatic heterocycles. The zero-order chi connectivity index (χ0) is 13.7. The highest BCUT2D eigenvalue weighted by molar-refractivity contribution is 5.94. The first-order valence-electron chi connectivity index (χ1n) is 7.10. The molecule has 1 fully saturated rings. The molecule has 0 saturated carbocycles. The van der Waals surface area contributed by atoms with Crippen LogP contribution >= 0.6 is 0 Å². The fourth-order valence-electron chi connectivity index (χ4n) is 2.47. The third-order valence-electron chi connectivity index (χ3n) is 3.67. The number of carbonyl (C=O) groups excluding carboxylic acids is 1. The van der Waals surface area contributed by atoms with E-state index in [2.05, 4.69) is 0 Å². The van der Waals surface area contributed by atoms with Gasteiger partial charge in [0, 0.05) is 25.8 Å². The van der Waals surface area contributed by atoms with Crippen molar-refractivity contribution < 1.29 is 9.53 Å². The minimum Gasteiger partial charge on any atom is -0.378 e. The van der Waals surface area contributed by atoms with E-state index in [1.165, 1.54) is 12.8 Å². The summed E-state index contributed by atoms with van der Waals surface area (Å²) in [6.07, 6.45) is 4.83. The van der Waals surface area contributed by atoms with Gasteiger partial charge >= 0.3 is 0 Å². The Balaban J connectivity index is 1.85. The maximum atomic E-state index is 12.3. The highest BCUT2D eigenvalue weighted by atomic mass is 16.5. The number of hydrogen-bond acceptors (Lipinski definition) is 2. The highest BCUT2D eigenvalue weighted by Crippen LogP contribution is 2.16. The van der Waals surface area contributed by atoms with Gasteiger partial charge in [-0.05, 0) is 44.7 Å². The summed E-state index contributed by atoms with van der Waals surface area (Å²) >= 11 is 0. The Labute approximate surface area is 115 Å².